The van der Waals surface area contributed by atoms with E-state index in [1.807, 2.05) is 12.5 Å². The number of hydrogen-bond donors (Lipinski definition) is 1. The molecule has 1 aliphatic heterocycles. The lowest BCUT2D eigenvalue weighted by Crippen LogP contribution is -2.16. The van der Waals surface area contributed by atoms with Crippen molar-refractivity contribution < 1.29 is 0 Å². The molecule has 13 heavy (non-hydrogen) atoms. The molecule has 1 aliphatic carbocycles. The fourth-order valence-electron chi connectivity index (χ4n) is 2.18. The van der Waals surface area contributed by atoms with Gasteiger partial charge in [-0.1, -0.05) is 0 Å². The Bertz CT molecular complexity index is 295. The Kier molecular flexibility index (Phi) is 1.65. The average molecular weight is 177 g/mol. The fraction of sp³-hybridized carbons (Fsp3) is 0.700. The van der Waals surface area contributed by atoms with E-state index in [4.69, 9.17) is 0 Å². The Labute approximate surface area is 78.2 Å². The third kappa shape index (κ3) is 1.27. The zero-order valence-corrected chi connectivity index (χ0v) is 7.74. The molecule has 2 fully saturated rings. The lowest BCUT2D eigenvalue weighted by atomic mass is 10.2. The summed E-state index contributed by atoms with van der Waals surface area (Å²) in [5, 5.41) is 3.52. The third-order valence-corrected chi connectivity index (χ3v) is 3.05. The van der Waals surface area contributed by atoms with Crippen LogP contribution in [0.4, 0.5) is 0 Å². The van der Waals surface area contributed by atoms with Gasteiger partial charge in [-0.15, -0.1) is 0 Å². The van der Waals surface area contributed by atoms with Gasteiger partial charge < -0.3 is 9.88 Å². The van der Waals surface area contributed by atoms with Crippen LogP contribution in [0.25, 0.3) is 0 Å². The molecular formula is C10H15N3. The van der Waals surface area contributed by atoms with Crippen molar-refractivity contribution in [2.75, 3.05) is 6.54 Å². The highest BCUT2D eigenvalue weighted by Crippen LogP contribution is 2.37. The molecule has 3 heteroatoms. The molecule has 1 saturated heterocycles. The Hall–Kier alpha value is -0.830. The predicted molar refractivity (Wildman–Crippen MR) is 50.5 cm³/mol. The Morgan fingerprint density at radius 2 is 2.31 bits per heavy atom. The van der Waals surface area contributed by atoms with Gasteiger partial charge in [-0.3, -0.25) is 0 Å². The van der Waals surface area contributed by atoms with E-state index < -0.39 is 0 Å². The van der Waals surface area contributed by atoms with E-state index >= 15 is 0 Å². The number of rotatable bonds is 2. The van der Waals surface area contributed by atoms with Gasteiger partial charge in [0.1, 0.15) is 0 Å². The summed E-state index contributed by atoms with van der Waals surface area (Å²) in [4.78, 5) is 4.25. The quantitative estimate of drug-likeness (QED) is 0.744. The van der Waals surface area contributed by atoms with E-state index in [9.17, 15) is 0 Å². The Morgan fingerprint density at radius 1 is 1.38 bits per heavy atom. The lowest BCUT2D eigenvalue weighted by molar-refractivity contribution is 0.571. The molecule has 2 heterocycles. The van der Waals surface area contributed by atoms with Crippen molar-refractivity contribution >= 4 is 0 Å². The summed E-state index contributed by atoms with van der Waals surface area (Å²) in [5.74, 6) is 0. The molecule has 3 nitrogen and oxygen atoms in total. The number of hydrogen-bond acceptors (Lipinski definition) is 2. The normalized spacial score (nSPS) is 28.2. The summed E-state index contributed by atoms with van der Waals surface area (Å²) in [7, 11) is 0. The van der Waals surface area contributed by atoms with E-state index in [1.54, 1.807) is 0 Å². The third-order valence-electron chi connectivity index (χ3n) is 3.05. The first-order valence-corrected chi connectivity index (χ1v) is 5.20. The van der Waals surface area contributed by atoms with E-state index in [0.29, 0.717) is 6.04 Å². The second-order valence-electron chi connectivity index (χ2n) is 4.11. The monoisotopic (exact) mass is 177 g/mol. The first-order chi connectivity index (χ1) is 6.45. The molecule has 0 amide bonds. The maximum Gasteiger partial charge on any atom is 0.0951 e. The summed E-state index contributed by atoms with van der Waals surface area (Å²) in [5.41, 5.74) is 1.40. The van der Waals surface area contributed by atoms with E-state index in [-0.39, 0.29) is 0 Å². The van der Waals surface area contributed by atoms with Crippen LogP contribution in [-0.4, -0.2) is 16.1 Å². The highest BCUT2D eigenvalue weighted by atomic mass is 15.1. The lowest BCUT2D eigenvalue weighted by Gasteiger charge is -2.12. The molecule has 0 aromatic carbocycles. The second-order valence-corrected chi connectivity index (χ2v) is 4.11. The van der Waals surface area contributed by atoms with Gasteiger partial charge >= 0.3 is 0 Å². The average Bonchev–Trinajstić information content (AvgIpc) is 2.72. The molecule has 3 rings (SSSR count). The number of nitrogens with zero attached hydrogens (tertiary/aromatic N) is 2. The molecule has 2 aliphatic rings. The molecule has 1 saturated carbocycles. The molecule has 0 spiro atoms. The van der Waals surface area contributed by atoms with Gasteiger partial charge in [0.15, 0.2) is 0 Å². The summed E-state index contributed by atoms with van der Waals surface area (Å²) in [6.07, 6.45) is 9.29. The SMILES string of the molecule is c1ncn(C2CC2)c1[C@@H]1CCCN1. The zero-order chi connectivity index (χ0) is 8.67. The fourth-order valence-corrected chi connectivity index (χ4v) is 2.18. The van der Waals surface area contributed by atoms with Gasteiger partial charge in [-0.05, 0) is 32.2 Å². The molecule has 1 aromatic heterocycles. The van der Waals surface area contributed by atoms with Crippen LogP contribution >= 0.6 is 0 Å². The van der Waals surface area contributed by atoms with Crippen molar-refractivity contribution in [2.24, 2.45) is 0 Å². The van der Waals surface area contributed by atoms with Crippen LogP contribution in [0.5, 0.6) is 0 Å². The molecule has 0 radical (unpaired) electrons. The van der Waals surface area contributed by atoms with Gasteiger partial charge in [0, 0.05) is 18.3 Å². The molecule has 0 bridgehead atoms. The number of aromatic nitrogens is 2. The molecule has 1 aromatic rings. The summed E-state index contributed by atoms with van der Waals surface area (Å²) < 4.78 is 2.36. The van der Waals surface area contributed by atoms with Crippen LogP contribution in [0.3, 0.4) is 0 Å². The smallest absolute Gasteiger partial charge is 0.0951 e. The van der Waals surface area contributed by atoms with Crippen LogP contribution in [-0.2, 0) is 0 Å². The van der Waals surface area contributed by atoms with Crippen LogP contribution in [0.2, 0.25) is 0 Å². The van der Waals surface area contributed by atoms with E-state index in [2.05, 4.69) is 14.9 Å². The van der Waals surface area contributed by atoms with Gasteiger partial charge in [-0.25, -0.2) is 4.98 Å². The van der Waals surface area contributed by atoms with Gasteiger partial charge in [0.05, 0.1) is 12.0 Å². The first kappa shape index (κ1) is 7.56. The highest BCUT2D eigenvalue weighted by molar-refractivity contribution is 5.10. The molecule has 1 atom stereocenters. The molecular weight excluding hydrogens is 162 g/mol. The standard InChI is InChI=1S/C10H15N3/c1-2-9(12-5-1)10-6-11-7-13(10)8-3-4-8/h6-9,12H,1-5H2/t9-/m0/s1. The van der Waals surface area contributed by atoms with Crippen LogP contribution in [0.15, 0.2) is 12.5 Å². The Balaban J connectivity index is 1.88. The number of imidazole rings is 1. The summed E-state index contributed by atoms with van der Waals surface area (Å²) in [6.45, 7) is 1.17. The van der Waals surface area contributed by atoms with E-state index in [0.717, 1.165) is 6.04 Å². The van der Waals surface area contributed by atoms with Crippen LogP contribution < -0.4 is 5.32 Å². The van der Waals surface area contributed by atoms with Gasteiger partial charge in [-0.2, -0.15) is 0 Å². The minimum absolute atomic E-state index is 0.572. The van der Waals surface area contributed by atoms with Crippen molar-refractivity contribution in [3.63, 3.8) is 0 Å². The van der Waals surface area contributed by atoms with E-state index in [1.165, 1.54) is 37.9 Å². The maximum atomic E-state index is 4.25. The van der Waals surface area contributed by atoms with Crippen LogP contribution in [0, 0.1) is 0 Å². The summed E-state index contributed by atoms with van der Waals surface area (Å²) in [6, 6.07) is 1.34. The van der Waals surface area contributed by atoms with Gasteiger partial charge in [0.2, 0.25) is 0 Å². The maximum absolute atomic E-state index is 4.25. The minimum Gasteiger partial charge on any atom is -0.330 e. The number of nitrogens with one attached hydrogen (secondary N) is 1. The summed E-state index contributed by atoms with van der Waals surface area (Å²) >= 11 is 0. The molecule has 0 unspecified atom stereocenters. The Morgan fingerprint density at radius 3 is 3.00 bits per heavy atom. The predicted octanol–water partition coefficient (Wildman–Crippen LogP) is 1.64. The van der Waals surface area contributed by atoms with Crippen molar-refractivity contribution in [3.8, 4) is 0 Å². The second kappa shape index (κ2) is 2.84. The van der Waals surface area contributed by atoms with Crippen molar-refractivity contribution in [1.29, 1.82) is 0 Å². The molecule has 70 valence electrons. The minimum atomic E-state index is 0.572. The van der Waals surface area contributed by atoms with Gasteiger partial charge in [0.25, 0.3) is 0 Å². The largest absolute Gasteiger partial charge is 0.330 e. The zero-order valence-electron chi connectivity index (χ0n) is 7.74. The van der Waals surface area contributed by atoms with Crippen LogP contribution in [0.1, 0.15) is 43.5 Å². The molecule has 1 N–H and O–H groups in total. The van der Waals surface area contributed by atoms with Crippen molar-refractivity contribution in [2.45, 2.75) is 37.8 Å². The van der Waals surface area contributed by atoms with Crippen molar-refractivity contribution in [3.05, 3.63) is 18.2 Å². The first-order valence-electron chi connectivity index (χ1n) is 5.20. The van der Waals surface area contributed by atoms with Crippen molar-refractivity contribution in [1.82, 2.24) is 14.9 Å². The highest BCUT2D eigenvalue weighted by Gasteiger charge is 2.28. The topological polar surface area (TPSA) is 29.9 Å².